The average Bonchev–Trinajstić information content (AvgIpc) is 2.35. The van der Waals surface area contributed by atoms with E-state index in [1.54, 1.807) is 6.20 Å². The molecule has 0 saturated heterocycles. The largest absolute Gasteiger partial charge is 0.397 e. The van der Waals surface area contributed by atoms with Crippen LogP contribution in [0.4, 0.5) is 11.4 Å². The lowest BCUT2D eigenvalue weighted by atomic mass is 9.93. The van der Waals surface area contributed by atoms with E-state index in [9.17, 15) is 0 Å². The van der Waals surface area contributed by atoms with Gasteiger partial charge in [0.15, 0.2) is 0 Å². The first kappa shape index (κ1) is 14.6. The van der Waals surface area contributed by atoms with Crippen molar-refractivity contribution < 1.29 is 0 Å². The molecule has 1 aromatic carbocycles. The van der Waals surface area contributed by atoms with Crippen LogP contribution in [0.2, 0.25) is 0 Å². The summed E-state index contributed by atoms with van der Waals surface area (Å²) in [6, 6.07) is 7.91. The highest BCUT2D eigenvalue weighted by Gasteiger charge is 2.19. The van der Waals surface area contributed by atoms with Gasteiger partial charge in [-0.2, -0.15) is 0 Å². The fraction of sp³-hybridized carbons (Fsp3) is 0.438. The van der Waals surface area contributed by atoms with Gasteiger partial charge in [0.2, 0.25) is 0 Å². The van der Waals surface area contributed by atoms with Crippen LogP contribution in [0.3, 0.4) is 0 Å². The van der Waals surface area contributed by atoms with Gasteiger partial charge in [-0.15, -0.1) is 0 Å². The third-order valence-electron chi connectivity index (χ3n) is 3.30. The summed E-state index contributed by atoms with van der Waals surface area (Å²) in [5, 5.41) is 4.62. The van der Waals surface area contributed by atoms with E-state index >= 15 is 0 Å². The van der Waals surface area contributed by atoms with Gasteiger partial charge in [0.25, 0.3) is 0 Å². The van der Waals surface area contributed by atoms with Crippen LogP contribution in [0.1, 0.15) is 13.8 Å². The molecule has 4 nitrogen and oxygen atoms in total. The van der Waals surface area contributed by atoms with Crippen LogP contribution in [0, 0.1) is 5.41 Å². The standard InChI is InChI=1S/C16H24N4/c1-16(2,11-20(3)4)10-19-14-8-9-18-15-12(14)6-5-7-13(15)17/h5-9H,10-11,17H2,1-4H3,(H,18,19). The Hall–Kier alpha value is -1.81. The third kappa shape index (κ3) is 3.39. The van der Waals surface area contributed by atoms with Crippen LogP contribution < -0.4 is 11.1 Å². The quantitative estimate of drug-likeness (QED) is 0.822. The van der Waals surface area contributed by atoms with Gasteiger partial charge in [-0.05, 0) is 31.6 Å². The molecular weight excluding hydrogens is 248 g/mol. The first-order chi connectivity index (χ1) is 9.39. The smallest absolute Gasteiger partial charge is 0.0951 e. The number of anilines is 2. The molecule has 0 aliphatic carbocycles. The molecule has 3 N–H and O–H groups in total. The monoisotopic (exact) mass is 272 g/mol. The Bertz CT molecular complexity index is 590. The Morgan fingerprint density at radius 2 is 2.00 bits per heavy atom. The number of hydrogen-bond donors (Lipinski definition) is 2. The van der Waals surface area contributed by atoms with E-state index in [0.717, 1.165) is 35.4 Å². The molecule has 0 aliphatic rings. The molecule has 0 fully saturated rings. The Morgan fingerprint density at radius 1 is 1.25 bits per heavy atom. The van der Waals surface area contributed by atoms with Crippen molar-refractivity contribution in [3.63, 3.8) is 0 Å². The van der Waals surface area contributed by atoms with Gasteiger partial charge in [-0.25, -0.2) is 0 Å². The zero-order valence-corrected chi connectivity index (χ0v) is 12.8. The molecule has 0 unspecified atom stereocenters. The van der Waals surface area contributed by atoms with Gasteiger partial charge in [-0.1, -0.05) is 26.0 Å². The summed E-state index contributed by atoms with van der Waals surface area (Å²) in [5.74, 6) is 0. The summed E-state index contributed by atoms with van der Waals surface area (Å²) in [6.07, 6.45) is 1.81. The molecule has 0 aliphatic heterocycles. The maximum atomic E-state index is 5.98. The maximum Gasteiger partial charge on any atom is 0.0951 e. The molecule has 20 heavy (non-hydrogen) atoms. The predicted octanol–water partition coefficient (Wildman–Crippen LogP) is 2.82. The van der Waals surface area contributed by atoms with E-state index in [1.807, 2.05) is 18.2 Å². The molecule has 0 radical (unpaired) electrons. The van der Waals surface area contributed by atoms with Crippen LogP contribution in [0.25, 0.3) is 10.9 Å². The van der Waals surface area contributed by atoms with Gasteiger partial charge in [-0.3, -0.25) is 4.98 Å². The number of pyridine rings is 1. The summed E-state index contributed by atoms with van der Waals surface area (Å²) in [4.78, 5) is 6.57. The topological polar surface area (TPSA) is 54.2 Å². The van der Waals surface area contributed by atoms with Crippen molar-refractivity contribution in [2.75, 3.05) is 38.2 Å². The number of rotatable bonds is 5. The molecule has 0 atom stereocenters. The lowest BCUT2D eigenvalue weighted by Crippen LogP contribution is -2.34. The Labute approximate surface area is 121 Å². The number of nitrogens with zero attached hydrogens (tertiary/aromatic N) is 2. The molecule has 2 rings (SSSR count). The second kappa shape index (κ2) is 5.67. The van der Waals surface area contributed by atoms with Gasteiger partial charge in [0.1, 0.15) is 0 Å². The van der Waals surface area contributed by atoms with Crippen LogP contribution >= 0.6 is 0 Å². The van der Waals surface area contributed by atoms with E-state index in [-0.39, 0.29) is 5.41 Å². The number of nitrogen functional groups attached to an aromatic ring is 1. The summed E-state index contributed by atoms with van der Waals surface area (Å²) < 4.78 is 0. The Morgan fingerprint density at radius 3 is 2.70 bits per heavy atom. The minimum atomic E-state index is 0.194. The highest BCUT2D eigenvalue weighted by molar-refractivity contribution is 5.97. The highest BCUT2D eigenvalue weighted by Crippen LogP contribution is 2.26. The molecule has 0 amide bonds. The number of para-hydroxylation sites is 1. The van der Waals surface area contributed by atoms with E-state index < -0.39 is 0 Å². The SMILES string of the molecule is CN(C)CC(C)(C)CNc1ccnc2c(N)cccc12. The summed E-state index contributed by atoms with van der Waals surface area (Å²) in [5.41, 5.74) is 8.85. The normalized spacial score (nSPS) is 12.1. The van der Waals surface area contributed by atoms with Crippen molar-refractivity contribution in [2.24, 2.45) is 5.41 Å². The van der Waals surface area contributed by atoms with E-state index in [1.165, 1.54) is 0 Å². The second-order valence-electron chi connectivity index (χ2n) is 6.36. The number of hydrogen-bond acceptors (Lipinski definition) is 4. The molecule has 4 heteroatoms. The van der Waals surface area contributed by atoms with Crippen molar-refractivity contribution in [1.82, 2.24) is 9.88 Å². The van der Waals surface area contributed by atoms with Gasteiger partial charge >= 0.3 is 0 Å². The van der Waals surface area contributed by atoms with Crippen molar-refractivity contribution in [3.8, 4) is 0 Å². The number of fused-ring (bicyclic) bond motifs is 1. The van der Waals surface area contributed by atoms with E-state index in [2.05, 4.69) is 49.2 Å². The lowest BCUT2D eigenvalue weighted by molar-refractivity contribution is 0.254. The molecule has 1 heterocycles. The zero-order chi connectivity index (χ0) is 14.8. The van der Waals surface area contributed by atoms with Crippen molar-refractivity contribution in [1.29, 1.82) is 0 Å². The fourth-order valence-electron chi connectivity index (χ4n) is 2.60. The third-order valence-corrected chi connectivity index (χ3v) is 3.30. The first-order valence-electron chi connectivity index (χ1n) is 6.91. The molecular formula is C16H24N4. The van der Waals surface area contributed by atoms with Gasteiger partial charge in [0.05, 0.1) is 11.2 Å². The van der Waals surface area contributed by atoms with Crippen LogP contribution in [0.5, 0.6) is 0 Å². The molecule has 0 spiro atoms. The number of benzene rings is 1. The molecule has 0 bridgehead atoms. The van der Waals surface area contributed by atoms with Crippen LogP contribution in [-0.2, 0) is 0 Å². The number of nitrogens with one attached hydrogen (secondary N) is 1. The zero-order valence-electron chi connectivity index (χ0n) is 12.8. The van der Waals surface area contributed by atoms with E-state index in [0.29, 0.717) is 0 Å². The van der Waals surface area contributed by atoms with Crippen LogP contribution in [0.15, 0.2) is 30.5 Å². The summed E-state index contributed by atoms with van der Waals surface area (Å²) in [6.45, 7) is 6.46. The van der Waals surface area contributed by atoms with Crippen molar-refractivity contribution in [3.05, 3.63) is 30.5 Å². The second-order valence-corrected chi connectivity index (χ2v) is 6.36. The fourth-order valence-corrected chi connectivity index (χ4v) is 2.60. The van der Waals surface area contributed by atoms with Crippen molar-refractivity contribution in [2.45, 2.75) is 13.8 Å². The van der Waals surface area contributed by atoms with Crippen LogP contribution in [-0.4, -0.2) is 37.1 Å². The number of nitrogens with two attached hydrogens (primary N) is 1. The summed E-state index contributed by atoms with van der Waals surface area (Å²) >= 11 is 0. The summed E-state index contributed by atoms with van der Waals surface area (Å²) in [7, 11) is 4.20. The maximum absolute atomic E-state index is 5.98. The van der Waals surface area contributed by atoms with E-state index in [4.69, 9.17) is 5.73 Å². The van der Waals surface area contributed by atoms with Crippen molar-refractivity contribution >= 4 is 22.3 Å². The minimum absolute atomic E-state index is 0.194. The Balaban J connectivity index is 2.20. The highest BCUT2D eigenvalue weighted by atomic mass is 15.1. The molecule has 108 valence electrons. The van der Waals surface area contributed by atoms with Gasteiger partial charge < -0.3 is 16.0 Å². The first-order valence-corrected chi connectivity index (χ1v) is 6.91. The van der Waals surface area contributed by atoms with Gasteiger partial charge in [0, 0.05) is 30.4 Å². The number of aromatic nitrogens is 1. The molecule has 0 saturated carbocycles. The predicted molar refractivity (Wildman–Crippen MR) is 87.0 cm³/mol. The Kier molecular flexibility index (Phi) is 4.14. The average molecular weight is 272 g/mol. The minimum Gasteiger partial charge on any atom is -0.397 e. The molecule has 1 aromatic heterocycles. The lowest BCUT2D eigenvalue weighted by Gasteiger charge is -2.29. The molecule has 2 aromatic rings.